The average Bonchev–Trinajstić information content (AvgIpc) is 2.56. The Hall–Kier alpha value is -1.94. The molecule has 26 heavy (non-hydrogen) atoms. The lowest BCUT2D eigenvalue weighted by atomic mass is 10.1. The van der Waals surface area contributed by atoms with Crippen LogP contribution in [0.1, 0.15) is 24.9 Å². The monoisotopic (exact) mass is 401 g/mol. The van der Waals surface area contributed by atoms with Crippen molar-refractivity contribution in [2.24, 2.45) is 0 Å². The first-order valence-electron chi connectivity index (χ1n) is 7.90. The highest BCUT2D eigenvalue weighted by atomic mass is 35.5. The molecule has 0 aliphatic rings. The molecule has 2 aromatic rings. The number of H-pyrrole nitrogens is 1. The van der Waals surface area contributed by atoms with Gasteiger partial charge in [0.05, 0.1) is 5.75 Å². The summed E-state index contributed by atoms with van der Waals surface area (Å²) in [6, 6.07) is 7.78. The lowest BCUT2D eigenvalue weighted by Gasteiger charge is -2.15. The minimum atomic E-state index is -3.49. The zero-order valence-corrected chi connectivity index (χ0v) is 15.7. The Morgan fingerprint density at radius 1 is 1.31 bits per heavy atom. The zero-order chi connectivity index (χ0) is 19.2. The van der Waals surface area contributed by atoms with Crippen molar-refractivity contribution in [3.63, 3.8) is 0 Å². The Morgan fingerprint density at radius 3 is 2.77 bits per heavy atom. The number of sulfonamides is 1. The van der Waals surface area contributed by atoms with Crippen molar-refractivity contribution in [2.75, 3.05) is 12.4 Å². The summed E-state index contributed by atoms with van der Waals surface area (Å²) in [6.45, 7) is 1.82. The largest absolute Gasteiger partial charge is 0.361 e. The van der Waals surface area contributed by atoms with E-state index >= 15 is 0 Å². The molecule has 1 aromatic carbocycles. The number of hydrogen-bond acceptors (Lipinski definition) is 5. The van der Waals surface area contributed by atoms with Gasteiger partial charge in [0.15, 0.2) is 0 Å². The summed E-state index contributed by atoms with van der Waals surface area (Å²) in [7, 11) is -3.49. The summed E-state index contributed by atoms with van der Waals surface area (Å²) >= 11 is 5.91. The number of rotatable bonds is 9. The summed E-state index contributed by atoms with van der Waals surface area (Å²) in [5.74, 6) is -0.113. The third-order valence-electron chi connectivity index (χ3n) is 3.53. The molecule has 0 saturated carbocycles. The van der Waals surface area contributed by atoms with Crippen molar-refractivity contribution >= 4 is 21.6 Å². The van der Waals surface area contributed by atoms with Crippen LogP contribution < -0.4 is 16.0 Å². The van der Waals surface area contributed by atoms with Crippen LogP contribution in [0.25, 0.3) is 0 Å². The number of aromatic amines is 1. The first-order valence-corrected chi connectivity index (χ1v) is 9.93. The van der Waals surface area contributed by atoms with Gasteiger partial charge < -0.3 is 4.74 Å². The number of ether oxygens (including phenoxy) is 1. The van der Waals surface area contributed by atoms with Gasteiger partial charge >= 0.3 is 5.69 Å². The molecule has 2 N–H and O–H groups in total. The Morgan fingerprint density at radius 2 is 2.08 bits per heavy atom. The molecular formula is C16H20ClN3O5S. The number of nitrogens with one attached hydrogen (secondary N) is 2. The zero-order valence-electron chi connectivity index (χ0n) is 14.1. The Labute approximate surface area is 155 Å². The Balaban J connectivity index is 1.77. The lowest BCUT2D eigenvalue weighted by Crippen LogP contribution is -2.30. The quantitative estimate of drug-likeness (QED) is 0.614. The van der Waals surface area contributed by atoms with E-state index < -0.39 is 27.3 Å². The predicted octanol–water partition coefficient (Wildman–Crippen LogP) is 1.23. The van der Waals surface area contributed by atoms with Gasteiger partial charge in [-0.15, -0.1) is 0 Å². The van der Waals surface area contributed by atoms with Crippen molar-refractivity contribution in [3.05, 3.63) is 68.0 Å². The van der Waals surface area contributed by atoms with Crippen LogP contribution in [0, 0.1) is 0 Å². The van der Waals surface area contributed by atoms with Crippen molar-refractivity contribution < 1.29 is 13.2 Å². The minimum absolute atomic E-state index is 0.0675. The van der Waals surface area contributed by atoms with Gasteiger partial charge in [-0.05, 0) is 31.0 Å². The van der Waals surface area contributed by atoms with Crippen LogP contribution in [-0.4, -0.2) is 30.3 Å². The lowest BCUT2D eigenvalue weighted by molar-refractivity contribution is 0.0744. The van der Waals surface area contributed by atoms with Gasteiger partial charge in [-0.1, -0.05) is 23.7 Å². The molecule has 1 aromatic heterocycles. The van der Waals surface area contributed by atoms with Gasteiger partial charge in [0.1, 0.15) is 6.73 Å². The first kappa shape index (κ1) is 20.4. The fraction of sp³-hybridized carbons (Fsp3) is 0.375. The van der Waals surface area contributed by atoms with Gasteiger partial charge in [-0.3, -0.25) is 14.3 Å². The molecule has 0 fully saturated rings. The summed E-state index contributed by atoms with van der Waals surface area (Å²) in [4.78, 5) is 24.5. The summed E-state index contributed by atoms with van der Waals surface area (Å²) in [6.07, 6.45) is 1.57. The summed E-state index contributed by atoms with van der Waals surface area (Å²) < 4.78 is 33.3. The number of nitrogens with zero attached hydrogens (tertiary/aromatic N) is 1. The van der Waals surface area contributed by atoms with E-state index in [0.29, 0.717) is 5.02 Å². The summed E-state index contributed by atoms with van der Waals surface area (Å²) in [5.41, 5.74) is -0.297. The van der Waals surface area contributed by atoms with Crippen LogP contribution in [0.2, 0.25) is 5.02 Å². The second-order valence-electron chi connectivity index (χ2n) is 5.68. The fourth-order valence-electron chi connectivity index (χ4n) is 2.23. The van der Waals surface area contributed by atoms with Crippen molar-refractivity contribution in [1.29, 1.82) is 0 Å². The van der Waals surface area contributed by atoms with Gasteiger partial charge in [0.2, 0.25) is 10.0 Å². The number of aromatic nitrogens is 2. The normalized spacial score (nSPS) is 12.8. The smallest absolute Gasteiger partial charge is 0.330 e. The maximum absolute atomic E-state index is 12.1. The van der Waals surface area contributed by atoms with E-state index in [0.717, 1.165) is 5.56 Å². The van der Waals surface area contributed by atoms with Crippen LogP contribution in [-0.2, 0) is 21.5 Å². The van der Waals surface area contributed by atoms with E-state index in [1.165, 1.54) is 16.8 Å². The van der Waals surface area contributed by atoms with Crippen LogP contribution in [0.4, 0.5) is 0 Å². The Bertz CT molecular complexity index is 955. The number of benzene rings is 1. The van der Waals surface area contributed by atoms with Gasteiger partial charge in [-0.2, -0.15) is 0 Å². The molecule has 0 saturated heterocycles. The second kappa shape index (κ2) is 9.13. The molecular weight excluding hydrogens is 382 g/mol. The maximum atomic E-state index is 12.1. The molecule has 0 aliphatic carbocycles. The molecule has 142 valence electrons. The number of halogens is 1. The van der Waals surface area contributed by atoms with Crippen molar-refractivity contribution in [3.8, 4) is 0 Å². The maximum Gasteiger partial charge on any atom is 0.330 e. The summed E-state index contributed by atoms with van der Waals surface area (Å²) in [5, 5.41) is 0.541. The van der Waals surface area contributed by atoms with E-state index in [-0.39, 0.29) is 25.5 Å². The molecule has 0 bridgehead atoms. The fourth-order valence-corrected chi connectivity index (χ4v) is 3.72. The minimum Gasteiger partial charge on any atom is -0.361 e. The third-order valence-corrected chi connectivity index (χ3v) is 5.31. The molecule has 1 heterocycles. The molecule has 0 radical (unpaired) electrons. The highest BCUT2D eigenvalue weighted by molar-refractivity contribution is 7.89. The number of hydrogen-bond donors (Lipinski definition) is 2. The third kappa shape index (κ3) is 6.41. The molecule has 2 rings (SSSR count). The second-order valence-corrected chi connectivity index (χ2v) is 7.99. The van der Waals surface area contributed by atoms with Crippen LogP contribution in [0.15, 0.2) is 46.1 Å². The van der Waals surface area contributed by atoms with E-state index in [4.69, 9.17) is 16.3 Å². The van der Waals surface area contributed by atoms with Gasteiger partial charge in [0, 0.05) is 29.9 Å². The highest BCUT2D eigenvalue weighted by Crippen LogP contribution is 2.18. The van der Waals surface area contributed by atoms with Crippen LogP contribution in [0.3, 0.4) is 0 Å². The van der Waals surface area contributed by atoms with Crippen molar-refractivity contribution in [2.45, 2.75) is 26.1 Å². The molecule has 1 atom stereocenters. The van der Waals surface area contributed by atoms with Crippen molar-refractivity contribution in [1.82, 2.24) is 14.3 Å². The standard InChI is InChI=1S/C16H20ClN3O5S/c1-12(13-4-2-5-14(17)10-13)19-26(23,24)9-3-8-25-11-20-7-6-15(21)18-16(20)22/h2,4-7,10,12,19H,3,8-9,11H2,1H3,(H,18,21,22)/t12-/m1/s1. The van der Waals surface area contributed by atoms with E-state index in [1.807, 2.05) is 0 Å². The van der Waals surface area contributed by atoms with Crippen LogP contribution >= 0.6 is 11.6 Å². The molecule has 8 nitrogen and oxygen atoms in total. The first-order chi connectivity index (χ1) is 12.3. The average molecular weight is 402 g/mol. The molecule has 0 aliphatic heterocycles. The molecule has 0 unspecified atom stereocenters. The molecule has 0 spiro atoms. The van der Waals surface area contributed by atoms with Gasteiger partial charge in [-0.25, -0.2) is 17.9 Å². The highest BCUT2D eigenvalue weighted by Gasteiger charge is 2.15. The van der Waals surface area contributed by atoms with Crippen LogP contribution in [0.5, 0.6) is 0 Å². The van der Waals surface area contributed by atoms with E-state index in [1.54, 1.807) is 31.2 Å². The van der Waals surface area contributed by atoms with Gasteiger partial charge in [0.25, 0.3) is 5.56 Å². The topological polar surface area (TPSA) is 110 Å². The van der Waals surface area contributed by atoms with E-state index in [9.17, 15) is 18.0 Å². The SMILES string of the molecule is C[C@@H](NS(=O)(=O)CCCOCn1ccc(=O)[nH]c1=O)c1cccc(Cl)c1. The molecule has 10 heteroatoms. The molecule has 0 amide bonds. The van der Waals surface area contributed by atoms with E-state index in [2.05, 4.69) is 9.71 Å². The Kier molecular flexibility index (Phi) is 7.15. The predicted molar refractivity (Wildman–Crippen MR) is 98.7 cm³/mol.